The number of nitrogens with zero attached hydrogens (tertiary/aromatic N) is 2. The third-order valence-corrected chi connectivity index (χ3v) is 4.14. The van der Waals surface area contributed by atoms with E-state index in [9.17, 15) is 18.0 Å². The average molecular weight is 342 g/mol. The van der Waals surface area contributed by atoms with Gasteiger partial charge in [0.15, 0.2) is 0 Å². The van der Waals surface area contributed by atoms with E-state index in [1.54, 1.807) is 47.0 Å². The summed E-state index contributed by atoms with van der Waals surface area (Å²) in [4.78, 5) is 11.9. The van der Waals surface area contributed by atoms with Crippen LogP contribution in [0.2, 0.25) is 0 Å². The molecule has 3 aromatic rings. The second-order valence-corrected chi connectivity index (χ2v) is 5.70. The van der Waals surface area contributed by atoms with E-state index in [4.69, 9.17) is 5.26 Å². The van der Waals surface area contributed by atoms with Crippen LogP contribution in [0.15, 0.2) is 48.5 Å². The van der Waals surface area contributed by atoms with Gasteiger partial charge in [-0.25, -0.2) is 0 Å². The molecule has 2 aromatic carbocycles. The Balaban J connectivity index is 2.14. The van der Waals surface area contributed by atoms with Crippen LogP contribution in [0.4, 0.5) is 13.2 Å². The zero-order valence-corrected chi connectivity index (χ0v) is 13.3. The van der Waals surface area contributed by atoms with Crippen molar-refractivity contribution in [1.82, 2.24) is 4.57 Å². The van der Waals surface area contributed by atoms with Crippen molar-refractivity contribution in [2.75, 3.05) is 0 Å². The second-order valence-electron chi connectivity index (χ2n) is 5.70. The van der Waals surface area contributed by atoms with Gasteiger partial charge >= 0.3 is 6.18 Å². The number of Topliss-reactive ketones (excluding diaryl/α,β-unsaturated/α-hetero) is 1. The molecule has 0 saturated heterocycles. The molecule has 0 bridgehead atoms. The van der Waals surface area contributed by atoms with Crippen molar-refractivity contribution < 1.29 is 18.0 Å². The van der Waals surface area contributed by atoms with Gasteiger partial charge in [-0.05, 0) is 30.7 Å². The number of hydrogen-bond acceptors (Lipinski definition) is 2. The zero-order chi connectivity index (χ0) is 18.2. The molecule has 0 aliphatic carbocycles. The van der Waals surface area contributed by atoms with Gasteiger partial charge in [0.25, 0.3) is 5.78 Å². The summed E-state index contributed by atoms with van der Waals surface area (Å²) in [7, 11) is 0. The van der Waals surface area contributed by atoms with Crippen molar-refractivity contribution in [2.24, 2.45) is 0 Å². The maximum absolute atomic E-state index is 13.0. The third-order valence-electron chi connectivity index (χ3n) is 4.14. The Kier molecular flexibility index (Phi) is 4.09. The Morgan fingerprint density at radius 1 is 1.12 bits per heavy atom. The van der Waals surface area contributed by atoms with Crippen molar-refractivity contribution in [3.8, 4) is 6.07 Å². The Morgan fingerprint density at radius 2 is 1.76 bits per heavy atom. The fraction of sp³-hybridized carbons (Fsp3) is 0.158. The first-order valence-electron chi connectivity index (χ1n) is 7.51. The molecular formula is C19H13F3N2O. The van der Waals surface area contributed by atoms with E-state index in [-0.39, 0.29) is 16.6 Å². The van der Waals surface area contributed by atoms with E-state index in [0.717, 1.165) is 5.56 Å². The van der Waals surface area contributed by atoms with Crippen molar-refractivity contribution in [3.05, 3.63) is 70.9 Å². The SMILES string of the molecule is Cc1c(C(=O)C(F)(F)F)c2ccccc2n1Cc1ccc(C#N)cc1. The number of benzene rings is 2. The summed E-state index contributed by atoms with van der Waals surface area (Å²) in [5, 5.41) is 9.13. The maximum atomic E-state index is 13.0. The lowest BCUT2D eigenvalue weighted by Crippen LogP contribution is -2.23. The van der Waals surface area contributed by atoms with Gasteiger partial charge in [-0.2, -0.15) is 18.4 Å². The molecule has 0 aliphatic heterocycles. The van der Waals surface area contributed by atoms with Crippen molar-refractivity contribution in [1.29, 1.82) is 5.26 Å². The Bertz CT molecular complexity index is 992. The molecule has 0 atom stereocenters. The number of ketones is 1. The van der Waals surface area contributed by atoms with Gasteiger partial charge in [-0.1, -0.05) is 30.3 Å². The monoisotopic (exact) mass is 342 g/mol. The average Bonchev–Trinajstić information content (AvgIpc) is 2.86. The minimum Gasteiger partial charge on any atom is -0.340 e. The molecule has 0 saturated carbocycles. The van der Waals surface area contributed by atoms with Gasteiger partial charge in [0.1, 0.15) is 0 Å². The van der Waals surface area contributed by atoms with Gasteiger partial charge < -0.3 is 4.57 Å². The molecule has 0 spiro atoms. The highest BCUT2D eigenvalue weighted by atomic mass is 19.4. The number of para-hydroxylation sites is 1. The van der Waals surface area contributed by atoms with Crippen molar-refractivity contribution in [2.45, 2.75) is 19.6 Å². The quantitative estimate of drug-likeness (QED) is 0.652. The van der Waals surface area contributed by atoms with E-state index in [1.807, 2.05) is 6.07 Å². The minimum atomic E-state index is -4.92. The molecule has 1 heterocycles. The summed E-state index contributed by atoms with van der Waals surface area (Å²) in [5.41, 5.74) is 1.86. The van der Waals surface area contributed by atoms with E-state index in [0.29, 0.717) is 17.6 Å². The second kappa shape index (κ2) is 6.10. The first kappa shape index (κ1) is 16.8. The van der Waals surface area contributed by atoms with Crippen LogP contribution in [0, 0.1) is 18.3 Å². The highest BCUT2D eigenvalue weighted by molar-refractivity contribution is 6.12. The number of rotatable bonds is 3. The van der Waals surface area contributed by atoms with Crippen LogP contribution in [0.1, 0.15) is 27.2 Å². The fourth-order valence-corrected chi connectivity index (χ4v) is 2.93. The summed E-state index contributed by atoms with van der Waals surface area (Å²) in [6, 6.07) is 15.4. The molecule has 25 heavy (non-hydrogen) atoms. The first-order chi connectivity index (χ1) is 11.8. The zero-order valence-electron chi connectivity index (χ0n) is 13.3. The molecule has 3 rings (SSSR count). The van der Waals surface area contributed by atoms with E-state index in [2.05, 4.69) is 0 Å². The van der Waals surface area contributed by atoms with E-state index < -0.39 is 12.0 Å². The molecule has 0 fully saturated rings. The maximum Gasteiger partial charge on any atom is 0.454 e. The predicted octanol–water partition coefficient (Wildman–Crippen LogP) is 4.61. The highest BCUT2D eigenvalue weighted by Gasteiger charge is 2.42. The first-order valence-corrected chi connectivity index (χ1v) is 7.51. The number of carbonyl (C=O) groups excluding carboxylic acids is 1. The molecule has 0 unspecified atom stereocenters. The van der Waals surface area contributed by atoms with Crippen LogP contribution in [0.3, 0.4) is 0 Å². The van der Waals surface area contributed by atoms with Gasteiger partial charge in [0.05, 0.1) is 17.2 Å². The largest absolute Gasteiger partial charge is 0.454 e. The molecule has 0 aliphatic rings. The summed E-state index contributed by atoms with van der Waals surface area (Å²) in [6.45, 7) is 1.83. The summed E-state index contributed by atoms with van der Waals surface area (Å²) in [5.74, 6) is -1.83. The van der Waals surface area contributed by atoms with Crippen LogP contribution in [-0.4, -0.2) is 16.5 Å². The molecule has 0 amide bonds. The Labute approximate surface area is 141 Å². The van der Waals surface area contributed by atoms with Crippen LogP contribution < -0.4 is 0 Å². The lowest BCUT2D eigenvalue weighted by Gasteiger charge is -2.10. The van der Waals surface area contributed by atoms with Crippen LogP contribution in [0.25, 0.3) is 10.9 Å². The number of hydrogen-bond donors (Lipinski definition) is 0. The molecule has 6 heteroatoms. The van der Waals surface area contributed by atoms with E-state index in [1.165, 1.54) is 13.0 Å². The molecular weight excluding hydrogens is 329 g/mol. The smallest absolute Gasteiger partial charge is 0.340 e. The number of alkyl halides is 3. The lowest BCUT2D eigenvalue weighted by atomic mass is 10.1. The highest BCUT2D eigenvalue weighted by Crippen LogP contribution is 2.32. The number of halogens is 3. The van der Waals surface area contributed by atoms with Crippen LogP contribution >= 0.6 is 0 Å². The Hall–Kier alpha value is -3.07. The van der Waals surface area contributed by atoms with Crippen LogP contribution in [0.5, 0.6) is 0 Å². The normalized spacial score (nSPS) is 11.5. The number of carbonyl (C=O) groups is 1. The fourth-order valence-electron chi connectivity index (χ4n) is 2.93. The van der Waals surface area contributed by atoms with Gasteiger partial charge in [-0.3, -0.25) is 4.79 Å². The molecule has 0 radical (unpaired) electrons. The molecule has 3 nitrogen and oxygen atoms in total. The summed E-state index contributed by atoms with van der Waals surface area (Å²) in [6.07, 6.45) is -4.92. The van der Waals surface area contributed by atoms with Crippen LogP contribution in [-0.2, 0) is 6.54 Å². The van der Waals surface area contributed by atoms with E-state index >= 15 is 0 Å². The molecule has 1 aromatic heterocycles. The van der Waals surface area contributed by atoms with Crippen molar-refractivity contribution in [3.63, 3.8) is 0 Å². The predicted molar refractivity (Wildman–Crippen MR) is 87.3 cm³/mol. The Morgan fingerprint density at radius 3 is 2.36 bits per heavy atom. The number of nitriles is 1. The standard InChI is InChI=1S/C19H13F3N2O/c1-12-17(18(25)19(20,21)22)15-4-2-3-5-16(15)24(12)11-14-8-6-13(10-23)7-9-14/h2-9H,11H2,1H3. The number of aromatic nitrogens is 1. The third kappa shape index (κ3) is 3.01. The van der Waals surface area contributed by atoms with Gasteiger partial charge in [0, 0.05) is 23.1 Å². The molecule has 126 valence electrons. The summed E-state index contributed by atoms with van der Waals surface area (Å²) < 4.78 is 40.6. The minimum absolute atomic E-state index is 0.271. The summed E-state index contributed by atoms with van der Waals surface area (Å²) >= 11 is 0. The van der Waals surface area contributed by atoms with Gasteiger partial charge in [0.2, 0.25) is 0 Å². The van der Waals surface area contributed by atoms with Gasteiger partial charge in [-0.15, -0.1) is 0 Å². The number of fused-ring (bicyclic) bond motifs is 1. The lowest BCUT2D eigenvalue weighted by molar-refractivity contribution is -0.0884. The topological polar surface area (TPSA) is 45.8 Å². The van der Waals surface area contributed by atoms with Crippen molar-refractivity contribution >= 4 is 16.7 Å². The molecule has 0 N–H and O–H groups in total.